The van der Waals surface area contributed by atoms with E-state index in [1.54, 1.807) is 18.2 Å². The maximum atomic E-state index is 12.1. The number of hydrogen-bond donors (Lipinski definition) is 2. The maximum absolute atomic E-state index is 12.1. The minimum atomic E-state index is -0.425. The summed E-state index contributed by atoms with van der Waals surface area (Å²) in [5.41, 5.74) is 2.68. The number of carbonyl (C=O) groups is 2. The molecule has 0 saturated carbocycles. The van der Waals surface area contributed by atoms with Gasteiger partial charge in [-0.25, -0.2) is 5.43 Å². The highest BCUT2D eigenvalue weighted by molar-refractivity contribution is 7.11. The van der Waals surface area contributed by atoms with Gasteiger partial charge in [-0.3, -0.25) is 9.59 Å². The highest BCUT2D eigenvalue weighted by Gasteiger charge is 2.11. The second-order valence-electron chi connectivity index (χ2n) is 4.59. The van der Waals surface area contributed by atoms with E-state index >= 15 is 0 Å². The molecule has 0 aliphatic carbocycles. The summed E-state index contributed by atoms with van der Waals surface area (Å²) in [6.45, 7) is -0.194. The Morgan fingerprint density at radius 3 is 2.50 bits per heavy atom. The van der Waals surface area contributed by atoms with E-state index in [4.69, 9.17) is 9.47 Å². The molecule has 126 valence electrons. The summed E-state index contributed by atoms with van der Waals surface area (Å²) < 4.78 is 10.2. The Hall–Kier alpha value is -2.87. The summed E-state index contributed by atoms with van der Waals surface area (Å²) in [5, 5.41) is 8.23. The first-order valence-corrected chi connectivity index (χ1v) is 7.87. The molecule has 0 radical (unpaired) electrons. The quantitative estimate of drug-likeness (QED) is 0.589. The number of nitrogens with zero attached hydrogens (tertiary/aromatic N) is 1. The minimum absolute atomic E-state index is 0.194. The first-order valence-electron chi connectivity index (χ1n) is 6.99. The van der Waals surface area contributed by atoms with E-state index < -0.39 is 11.8 Å². The molecular weight excluding hydrogens is 330 g/mol. The van der Waals surface area contributed by atoms with Crippen molar-refractivity contribution in [3.63, 3.8) is 0 Å². The van der Waals surface area contributed by atoms with E-state index in [0.29, 0.717) is 17.1 Å². The van der Waals surface area contributed by atoms with Gasteiger partial charge >= 0.3 is 0 Å². The molecule has 1 heterocycles. The molecule has 24 heavy (non-hydrogen) atoms. The lowest BCUT2D eigenvalue weighted by atomic mass is 10.2. The Morgan fingerprint density at radius 1 is 1.21 bits per heavy atom. The van der Waals surface area contributed by atoms with Crippen molar-refractivity contribution in [2.45, 2.75) is 0 Å². The zero-order valence-electron chi connectivity index (χ0n) is 13.2. The first-order chi connectivity index (χ1) is 11.6. The van der Waals surface area contributed by atoms with E-state index in [0.717, 1.165) is 4.88 Å². The van der Waals surface area contributed by atoms with Gasteiger partial charge in [-0.15, -0.1) is 11.3 Å². The SMILES string of the molecule is COc1cc(OC)cc(C(=O)NCC(=O)N/N=C\c2cccs2)c1. The minimum Gasteiger partial charge on any atom is -0.497 e. The molecular formula is C16H17N3O4S. The van der Waals surface area contributed by atoms with Crippen LogP contribution in [0.1, 0.15) is 15.2 Å². The van der Waals surface area contributed by atoms with Crippen LogP contribution in [0.3, 0.4) is 0 Å². The lowest BCUT2D eigenvalue weighted by molar-refractivity contribution is -0.120. The highest BCUT2D eigenvalue weighted by Crippen LogP contribution is 2.22. The fourth-order valence-electron chi connectivity index (χ4n) is 1.77. The van der Waals surface area contributed by atoms with Gasteiger partial charge in [0.05, 0.1) is 27.0 Å². The maximum Gasteiger partial charge on any atom is 0.259 e. The standard InChI is InChI=1S/C16H17N3O4S/c1-22-12-6-11(7-13(8-12)23-2)16(21)17-10-15(20)19-18-9-14-4-3-5-24-14/h3-9H,10H2,1-2H3,(H,17,21)(H,19,20)/b18-9-. The van der Waals surface area contributed by atoms with Gasteiger partial charge in [0.15, 0.2) is 0 Å². The topological polar surface area (TPSA) is 89.0 Å². The zero-order valence-corrected chi connectivity index (χ0v) is 14.1. The average Bonchev–Trinajstić information content (AvgIpc) is 3.12. The van der Waals surface area contributed by atoms with Crippen molar-refractivity contribution in [1.82, 2.24) is 10.7 Å². The summed E-state index contributed by atoms with van der Waals surface area (Å²) in [6, 6.07) is 8.53. The van der Waals surface area contributed by atoms with Crippen LogP contribution in [-0.2, 0) is 4.79 Å². The molecule has 1 aromatic carbocycles. The van der Waals surface area contributed by atoms with Gasteiger partial charge in [0.1, 0.15) is 11.5 Å². The summed E-state index contributed by atoms with van der Waals surface area (Å²) in [7, 11) is 2.99. The smallest absolute Gasteiger partial charge is 0.259 e. The van der Waals surface area contributed by atoms with Gasteiger partial charge in [0.25, 0.3) is 11.8 Å². The molecule has 0 aliphatic rings. The number of rotatable bonds is 7. The molecule has 0 aliphatic heterocycles. The zero-order chi connectivity index (χ0) is 17.4. The summed E-state index contributed by atoms with van der Waals surface area (Å²) in [4.78, 5) is 24.7. The molecule has 7 nitrogen and oxygen atoms in total. The normalized spacial score (nSPS) is 10.4. The first kappa shape index (κ1) is 17.5. The van der Waals surface area contributed by atoms with Crippen LogP contribution in [0.5, 0.6) is 11.5 Å². The van der Waals surface area contributed by atoms with Crippen molar-refractivity contribution in [1.29, 1.82) is 0 Å². The largest absolute Gasteiger partial charge is 0.497 e. The van der Waals surface area contributed by atoms with Gasteiger partial charge in [0, 0.05) is 16.5 Å². The molecule has 0 saturated heterocycles. The van der Waals surface area contributed by atoms with Crippen molar-refractivity contribution < 1.29 is 19.1 Å². The Kier molecular flexibility index (Phi) is 6.32. The second kappa shape index (κ2) is 8.68. The van der Waals surface area contributed by atoms with Crippen LogP contribution in [0, 0.1) is 0 Å². The number of thiophene rings is 1. The van der Waals surface area contributed by atoms with Crippen LogP contribution < -0.4 is 20.2 Å². The lowest BCUT2D eigenvalue weighted by Crippen LogP contribution is -2.34. The highest BCUT2D eigenvalue weighted by atomic mass is 32.1. The molecule has 2 rings (SSSR count). The van der Waals surface area contributed by atoms with Gasteiger partial charge in [-0.1, -0.05) is 6.07 Å². The third-order valence-corrected chi connectivity index (χ3v) is 3.75. The summed E-state index contributed by atoms with van der Waals surface area (Å²) >= 11 is 1.50. The molecule has 2 aromatic rings. The van der Waals surface area contributed by atoms with Crippen molar-refractivity contribution in [2.75, 3.05) is 20.8 Å². The Labute approximate surface area is 143 Å². The Balaban J connectivity index is 1.87. The Morgan fingerprint density at radius 2 is 1.92 bits per heavy atom. The molecule has 0 atom stereocenters. The van der Waals surface area contributed by atoms with E-state index in [2.05, 4.69) is 15.8 Å². The number of amides is 2. The van der Waals surface area contributed by atoms with Crippen LogP contribution in [0.15, 0.2) is 40.8 Å². The molecule has 0 bridgehead atoms. The van der Waals surface area contributed by atoms with E-state index in [9.17, 15) is 9.59 Å². The number of nitrogens with one attached hydrogen (secondary N) is 2. The number of methoxy groups -OCH3 is 2. The number of hydrogen-bond acceptors (Lipinski definition) is 6. The van der Waals surface area contributed by atoms with Gasteiger partial charge in [-0.05, 0) is 23.6 Å². The van der Waals surface area contributed by atoms with E-state index in [-0.39, 0.29) is 6.54 Å². The number of ether oxygens (including phenoxy) is 2. The van der Waals surface area contributed by atoms with E-state index in [1.165, 1.54) is 31.8 Å². The van der Waals surface area contributed by atoms with Crippen molar-refractivity contribution in [2.24, 2.45) is 5.10 Å². The summed E-state index contributed by atoms with van der Waals surface area (Å²) in [5.74, 6) is 0.143. The molecule has 0 fully saturated rings. The van der Waals surface area contributed by atoms with Crippen LogP contribution in [0.25, 0.3) is 0 Å². The molecule has 2 amide bonds. The molecule has 2 N–H and O–H groups in total. The van der Waals surface area contributed by atoms with Gasteiger partial charge in [0.2, 0.25) is 0 Å². The van der Waals surface area contributed by atoms with Gasteiger partial charge in [-0.2, -0.15) is 5.10 Å². The van der Waals surface area contributed by atoms with Gasteiger partial charge < -0.3 is 14.8 Å². The van der Waals surface area contributed by atoms with Crippen molar-refractivity contribution in [3.05, 3.63) is 46.2 Å². The fraction of sp³-hybridized carbons (Fsp3) is 0.188. The van der Waals surface area contributed by atoms with E-state index in [1.807, 2.05) is 17.5 Å². The lowest BCUT2D eigenvalue weighted by Gasteiger charge is -2.08. The predicted octanol–water partition coefficient (Wildman–Crippen LogP) is 1.65. The molecule has 0 unspecified atom stereocenters. The second-order valence-corrected chi connectivity index (χ2v) is 5.57. The number of carbonyl (C=O) groups excluding carboxylic acids is 2. The molecule has 0 spiro atoms. The summed E-state index contributed by atoms with van der Waals surface area (Å²) in [6.07, 6.45) is 1.54. The third kappa shape index (κ3) is 5.10. The molecule has 1 aromatic heterocycles. The third-order valence-electron chi connectivity index (χ3n) is 2.95. The average molecular weight is 347 g/mol. The van der Waals surface area contributed by atoms with Crippen molar-refractivity contribution in [3.8, 4) is 11.5 Å². The predicted molar refractivity (Wildman–Crippen MR) is 91.9 cm³/mol. The van der Waals surface area contributed by atoms with Crippen LogP contribution in [0.4, 0.5) is 0 Å². The van der Waals surface area contributed by atoms with Crippen LogP contribution >= 0.6 is 11.3 Å². The fourth-order valence-corrected chi connectivity index (χ4v) is 2.36. The van der Waals surface area contributed by atoms with Crippen LogP contribution in [-0.4, -0.2) is 38.8 Å². The Bertz CT molecular complexity index is 707. The van der Waals surface area contributed by atoms with Crippen molar-refractivity contribution >= 4 is 29.4 Å². The monoisotopic (exact) mass is 347 g/mol. The number of benzene rings is 1. The van der Waals surface area contributed by atoms with Crippen LogP contribution in [0.2, 0.25) is 0 Å². The molecule has 8 heteroatoms. The number of hydrazone groups is 1.